The molecule has 0 aromatic heterocycles. The number of likely N-dealkylation sites (tertiary alicyclic amines) is 2. The summed E-state index contributed by atoms with van der Waals surface area (Å²) in [5, 5.41) is 0. The van der Waals surface area contributed by atoms with Crippen LogP contribution in [0.25, 0.3) is 0 Å². The van der Waals surface area contributed by atoms with Crippen molar-refractivity contribution >= 4 is 18.5 Å². The van der Waals surface area contributed by atoms with Gasteiger partial charge >= 0.3 is 0 Å². The van der Waals surface area contributed by atoms with Crippen LogP contribution in [0.3, 0.4) is 0 Å². The molecule has 0 spiro atoms. The van der Waals surface area contributed by atoms with Crippen LogP contribution in [-0.4, -0.2) is 54.2 Å². The van der Waals surface area contributed by atoms with E-state index >= 15 is 0 Å². The Hall–Kier alpha value is -0.220. The van der Waals surface area contributed by atoms with Gasteiger partial charge in [0.15, 0.2) is 0 Å². The first-order valence-electron chi connectivity index (χ1n) is 7.72. The molecule has 3 rings (SSSR count). The SMILES string of the molecule is CN1CCCC2CN(C(=O)CC3(CS)CC3)CCC21. The summed E-state index contributed by atoms with van der Waals surface area (Å²) in [4.78, 5) is 17.1. The quantitative estimate of drug-likeness (QED) is 0.801. The van der Waals surface area contributed by atoms with E-state index in [-0.39, 0.29) is 5.41 Å². The Labute approximate surface area is 122 Å². The molecule has 2 saturated heterocycles. The van der Waals surface area contributed by atoms with Crippen molar-refractivity contribution in [1.82, 2.24) is 9.80 Å². The van der Waals surface area contributed by atoms with Crippen LogP contribution in [0, 0.1) is 11.3 Å². The summed E-state index contributed by atoms with van der Waals surface area (Å²) >= 11 is 4.41. The van der Waals surface area contributed by atoms with Crippen LogP contribution in [0.2, 0.25) is 0 Å². The standard InChI is InChI=1S/C15H26N2OS/c1-16-7-2-3-12-10-17(8-4-13(12)16)14(18)9-15(11-19)5-6-15/h12-13,19H,2-11H2,1H3. The van der Waals surface area contributed by atoms with Crippen molar-refractivity contribution in [2.75, 3.05) is 32.4 Å². The molecular weight excluding hydrogens is 256 g/mol. The summed E-state index contributed by atoms with van der Waals surface area (Å²) in [5.41, 5.74) is 0.264. The first-order valence-corrected chi connectivity index (χ1v) is 8.36. The minimum Gasteiger partial charge on any atom is -0.342 e. The maximum Gasteiger partial charge on any atom is 0.223 e. The van der Waals surface area contributed by atoms with Gasteiger partial charge in [-0.25, -0.2) is 0 Å². The van der Waals surface area contributed by atoms with Gasteiger partial charge in [-0.2, -0.15) is 12.6 Å². The first kappa shape index (κ1) is 13.7. The van der Waals surface area contributed by atoms with Crippen LogP contribution < -0.4 is 0 Å². The molecule has 2 heterocycles. The number of piperidine rings is 2. The molecule has 0 N–H and O–H groups in total. The van der Waals surface area contributed by atoms with Gasteiger partial charge < -0.3 is 9.80 Å². The third kappa shape index (κ3) is 2.80. The van der Waals surface area contributed by atoms with Gasteiger partial charge in [0.05, 0.1) is 0 Å². The van der Waals surface area contributed by atoms with Gasteiger partial charge in [0, 0.05) is 25.6 Å². The molecule has 2 aliphatic heterocycles. The number of fused-ring (bicyclic) bond motifs is 1. The highest BCUT2D eigenvalue weighted by molar-refractivity contribution is 7.80. The van der Waals surface area contributed by atoms with Gasteiger partial charge in [-0.15, -0.1) is 0 Å². The number of carbonyl (C=O) groups is 1. The first-order chi connectivity index (χ1) is 9.13. The molecule has 1 aliphatic carbocycles. The number of nitrogens with zero attached hydrogens (tertiary/aromatic N) is 2. The highest BCUT2D eigenvalue weighted by atomic mass is 32.1. The van der Waals surface area contributed by atoms with Gasteiger partial charge in [-0.1, -0.05) is 0 Å². The molecule has 0 radical (unpaired) electrons. The third-order valence-corrected chi connectivity index (χ3v) is 6.19. The minimum absolute atomic E-state index is 0.264. The van der Waals surface area contributed by atoms with E-state index in [0.29, 0.717) is 11.8 Å². The molecule has 3 fully saturated rings. The van der Waals surface area contributed by atoms with E-state index in [1.165, 1.54) is 38.6 Å². The predicted molar refractivity (Wildman–Crippen MR) is 80.5 cm³/mol. The fourth-order valence-corrected chi connectivity index (χ4v) is 4.31. The summed E-state index contributed by atoms with van der Waals surface area (Å²) in [6.45, 7) is 3.20. The second kappa shape index (κ2) is 5.28. The lowest BCUT2D eigenvalue weighted by molar-refractivity contribution is -0.135. The zero-order valence-electron chi connectivity index (χ0n) is 12.0. The van der Waals surface area contributed by atoms with Gasteiger partial charge in [-0.05, 0) is 62.8 Å². The Kier molecular flexibility index (Phi) is 3.82. The van der Waals surface area contributed by atoms with Crippen LogP contribution >= 0.6 is 12.6 Å². The molecule has 0 aromatic carbocycles. The summed E-state index contributed by atoms with van der Waals surface area (Å²) in [6.07, 6.45) is 6.90. The van der Waals surface area contributed by atoms with Crippen molar-refractivity contribution in [2.24, 2.45) is 11.3 Å². The number of carbonyl (C=O) groups excluding carboxylic acids is 1. The third-order valence-electron chi connectivity index (χ3n) is 5.52. The van der Waals surface area contributed by atoms with E-state index in [0.717, 1.165) is 31.3 Å². The van der Waals surface area contributed by atoms with Crippen molar-refractivity contribution in [3.05, 3.63) is 0 Å². The molecule has 1 saturated carbocycles. The smallest absolute Gasteiger partial charge is 0.223 e. The van der Waals surface area contributed by atoms with Gasteiger partial charge in [0.1, 0.15) is 0 Å². The monoisotopic (exact) mass is 282 g/mol. The molecule has 3 aliphatic rings. The number of hydrogen-bond donors (Lipinski definition) is 1. The molecule has 1 amide bonds. The summed E-state index contributed by atoms with van der Waals surface area (Å²) in [6, 6.07) is 0.720. The zero-order valence-corrected chi connectivity index (χ0v) is 12.9. The number of amides is 1. The van der Waals surface area contributed by atoms with Gasteiger partial charge in [0.25, 0.3) is 0 Å². The molecule has 19 heavy (non-hydrogen) atoms. The average Bonchev–Trinajstić information content (AvgIpc) is 3.19. The molecule has 108 valence electrons. The highest BCUT2D eigenvalue weighted by Crippen LogP contribution is 2.50. The van der Waals surface area contributed by atoms with E-state index in [2.05, 4.69) is 29.5 Å². The van der Waals surface area contributed by atoms with Crippen molar-refractivity contribution in [3.63, 3.8) is 0 Å². The van der Waals surface area contributed by atoms with Crippen LogP contribution in [0.15, 0.2) is 0 Å². The van der Waals surface area contributed by atoms with Crippen molar-refractivity contribution in [2.45, 2.75) is 44.6 Å². The Morgan fingerprint density at radius 1 is 1.32 bits per heavy atom. The van der Waals surface area contributed by atoms with Gasteiger partial charge in [-0.3, -0.25) is 4.79 Å². The Morgan fingerprint density at radius 3 is 2.79 bits per heavy atom. The molecule has 2 atom stereocenters. The molecule has 0 bridgehead atoms. The van der Waals surface area contributed by atoms with E-state index in [1.807, 2.05) is 0 Å². The fourth-order valence-electron chi connectivity index (χ4n) is 3.88. The average molecular weight is 282 g/mol. The lowest BCUT2D eigenvalue weighted by atomic mass is 9.84. The summed E-state index contributed by atoms with van der Waals surface area (Å²) in [7, 11) is 2.24. The zero-order chi connectivity index (χ0) is 13.5. The maximum atomic E-state index is 12.4. The fraction of sp³-hybridized carbons (Fsp3) is 0.933. The van der Waals surface area contributed by atoms with E-state index in [4.69, 9.17) is 0 Å². The van der Waals surface area contributed by atoms with Crippen molar-refractivity contribution in [3.8, 4) is 0 Å². The van der Waals surface area contributed by atoms with E-state index in [9.17, 15) is 4.79 Å². The predicted octanol–water partition coefficient (Wildman–Crippen LogP) is 2.03. The summed E-state index contributed by atoms with van der Waals surface area (Å²) < 4.78 is 0. The minimum atomic E-state index is 0.264. The maximum absolute atomic E-state index is 12.4. The largest absolute Gasteiger partial charge is 0.342 e. The lowest BCUT2D eigenvalue weighted by Gasteiger charge is -2.46. The molecular formula is C15H26N2OS. The van der Waals surface area contributed by atoms with Crippen molar-refractivity contribution in [1.29, 1.82) is 0 Å². The molecule has 2 unspecified atom stereocenters. The van der Waals surface area contributed by atoms with Crippen LogP contribution in [0.1, 0.15) is 38.5 Å². The van der Waals surface area contributed by atoms with Crippen LogP contribution in [0.5, 0.6) is 0 Å². The Balaban J connectivity index is 1.57. The molecule has 3 nitrogen and oxygen atoms in total. The molecule has 0 aromatic rings. The van der Waals surface area contributed by atoms with Gasteiger partial charge in [0.2, 0.25) is 5.91 Å². The Bertz CT molecular complexity index is 356. The van der Waals surface area contributed by atoms with Crippen molar-refractivity contribution < 1.29 is 4.79 Å². The van der Waals surface area contributed by atoms with Crippen LogP contribution in [-0.2, 0) is 4.79 Å². The van der Waals surface area contributed by atoms with E-state index in [1.54, 1.807) is 0 Å². The number of thiol groups is 1. The number of hydrogen-bond acceptors (Lipinski definition) is 3. The second-order valence-electron chi connectivity index (χ2n) is 6.91. The Morgan fingerprint density at radius 2 is 2.11 bits per heavy atom. The lowest BCUT2D eigenvalue weighted by Crippen LogP contribution is -2.54. The summed E-state index contributed by atoms with van der Waals surface area (Å²) in [5.74, 6) is 1.97. The van der Waals surface area contributed by atoms with E-state index < -0.39 is 0 Å². The second-order valence-corrected chi connectivity index (χ2v) is 7.23. The molecule has 4 heteroatoms. The topological polar surface area (TPSA) is 23.6 Å². The highest BCUT2D eigenvalue weighted by Gasteiger charge is 2.44. The number of rotatable bonds is 3. The normalized spacial score (nSPS) is 33.9. The van der Waals surface area contributed by atoms with Crippen LogP contribution in [0.4, 0.5) is 0 Å².